The molecule has 0 fully saturated rings. The molecule has 2 aromatic carbocycles. The van der Waals surface area contributed by atoms with Crippen LogP contribution in [0.1, 0.15) is 11.1 Å². The SMILES string of the molecule is S=C(NCc1ccc2c(c1)OCO2)c1ccccc1. The number of hydrogen-bond acceptors (Lipinski definition) is 3. The van der Waals surface area contributed by atoms with Gasteiger partial charge in [0.25, 0.3) is 0 Å². The van der Waals surface area contributed by atoms with Crippen LogP contribution in [0.15, 0.2) is 48.5 Å². The van der Waals surface area contributed by atoms with Crippen molar-refractivity contribution >= 4 is 17.2 Å². The van der Waals surface area contributed by atoms with Gasteiger partial charge in [-0.05, 0) is 17.7 Å². The molecule has 0 atom stereocenters. The minimum atomic E-state index is 0.300. The molecule has 0 unspecified atom stereocenters. The normalized spacial score (nSPS) is 12.2. The first-order chi connectivity index (χ1) is 9.33. The van der Waals surface area contributed by atoms with Gasteiger partial charge in [-0.1, -0.05) is 48.6 Å². The average molecular weight is 271 g/mol. The smallest absolute Gasteiger partial charge is 0.231 e. The lowest BCUT2D eigenvalue weighted by atomic mass is 10.2. The van der Waals surface area contributed by atoms with Crippen molar-refractivity contribution in [2.75, 3.05) is 6.79 Å². The van der Waals surface area contributed by atoms with Crippen molar-refractivity contribution in [3.8, 4) is 11.5 Å². The molecule has 3 rings (SSSR count). The van der Waals surface area contributed by atoms with Crippen molar-refractivity contribution in [1.29, 1.82) is 0 Å². The lowest BCUT2D eigenvalue weighted by molar-refractivity contribution is 0.174. The summed E-state index contributed by atoms with van der Waals surface area (Å²) in [6.07, 6.45) is 0. The highest BCUT2D eigenvalue weighted by Gasteiger charge is 2.13. The molecule has 19 heavy (non-hydrogen) atoms. The molecule has 2 aromatic rings. The molecule has 4 heteroatoms. The molecular formula is C15H13NO2S. The van der Waals surface area contributed by atoms with Crippen LogP contribution in [0.5, 0.6) is 11.5 Å². The third kappa shape index (κ3) is 2.69. The fourth-order valence-corrected chi connectivity index (χ4v) is 2.13. The molecule has 0 saturated heterocycles. The van der Waals surface area contributed by atoms with Crippen LogP contribution in [0.25, 0.3) is 0 Å². The molecule has 3 nitrogen and oxygen atoms in total. The first-order valence-corrected chi connectivity index (χ1v) is 6.45. The fraction of sp³-hybridized carbons (Fsp3) is 0.133. The molecule has 1 aliphatic heterocycles. The van der Waals surface area contributed by atoms with Gasteiger partial charge in [-0.2, -0.15) is 0 Å². The quantitative estimate of drug-likeness (QED) is 0.870. The molecule has 1 heterocycles. The average Bonchev–Trinajstić information content (AvgIpc) is 2.93. The highest BCUT2D eigenvalue weighted by atomic mass is 32.1. The number of rotatable bonds is 3. The summed E-state index contributed by atoms with van der Waals surface area (Å²) in [5, 5.41) is 3.24. The van der Waals surface area contributed by atoms with E-state index in [0.717, 1.165) is 27.6 Å². The highest BCUT2D eigenvalue weighted by molar-refractivity contribution is 7.80. The molecule has 96 valence electrons. The van der Waals surface area contributed by atoms with Gasteiger partial charge in [0, 0.05) is 12.1 Å². The minimum Gasteiger partial charge on any atom is -0.454 e. The summed E-state index contributed by atoms with van der Waals surface area (Å²) in [6.45, 7) is 0.971. The van der Waals surface area contributed by atoms with E-state index in [4.69, 9.17) is 21.7 Å². The number of ether oxygens (including phenoxy) is 2. The minimum absolute atomic E-state index is 0.300. The number of benzene rings is 2. The molecule has 0 aromatic heterocycles. The Hall–Kier alpha value is -2.07. The monoisotopic (exact) mass is 271 g/mol. The summed E-state index contributed by atoms with van der Waals surface area (Å²) < 4.78 is 10.6. The number of hydrogen-bond donors (Lipinski definition) is 1. The Kier molecular flexibility index (Phi) is 3.33. The molecule has 0 bridgehead atoms. The zero-order chi connectivity index (χ0) is 13.1. The Morgan fingerprint density at radius 3 is 2.68 bits per heavy atom. The summed E-state index contributed by atoms with van der Waals surface area (Å²) >= 11 is 5.35. The van der Waals surface area contributed by atoms with Crippen LogP contribution in [-0.4, -0.2) is 11.8 Å². The Labute approximate surface area is 117 Å². The largest absolute Gasteiger partial charge is 0.454 e. The summed E-state index contributed by atoms with van der Waals surface area (Å²) in [7, 11) is 0. The maximum Gasteiger partial charge on any atom is 0.231 e. The van der Waals surface area contributed by atoms with E-state index in [9.17, 15) is 0 Å². The van der Waals surface area contributed by atoms with Crippen molar-refractivity contribution < 1.29 is 9.47 Å². The van der Waals surface area contributed by atoms with Crippen LogP contribution < -0.4 is 14.8 Å². The predicted molar refractivity (Wildman–Crippen MR) is 77.5 cm³/mol. The van der Waals surface area contributed by atoms with Crippen LogP contribution in [0, 0.1) is 0 Å². The number of fused-ring (bicyclic) bond motifs is 1. The Bertz CT molecular complexity index is 598. The second-order valence-corrected chi connectivity index (χ2v) is 4.64. The van der Waals surface area contributed by atoms with E-state index in [0.29, 0.717) is 13.3 Å². The van der Waals surface area contributed by atoms with Crippen LogP contribution in [0.4, 0.5) is 0 Å². The second kappa shape index (κ2) is 5.28. The van der Waals surface area contributed by atoms with Crippen molar-refractivity contribution in [2.45, 2.75) is 6.54 Å². The molecule has 0 aliphatic carbocycles. The van der Waals surface area contributed by atoms with Gasteiger partial charge in [0.05, 0.1) is 0 Å². The Morgan fingerprint density at radius 1 is 1.05 bits per heavy atom. The molecule has 1 aliphatic rings. The van der Waals surface area contributed by atoms with Gasteiger partial charge in [-0.25, -0.2) is 0 Å². The number of nitrogens with one attached hydrogen (secondary N) is 1. The van der Waals surface area contributed by atoms with Crippen molar-refractivity contribution in [3.63, 3.8) is 0 Å². The predicted octanol–water partition coefficient (Wildman–Crippen LogP) is 2.88. The Balaban J connectivity index is 1.65. The van der Waals surface area contributed by atoms with Gasteiger partial charge in [0.15, 0.2) is 11.5 Å². The lowest BCUT2D eigenvalue weighted by Crippen LogP contribution is -2.21. The third-order valence-electron chi connectivity index (χ3n) is 2.93. The molecule has 0 amide bonds. The van der Waals surface area contributed by atoms with Gasteiger partial charge < -0.3 is 14.8 Å². The van der Waals surface area contributed by atoms with Gasteiger partial charge in [0.1, 0.15) is 4.99 Å². The second-order valence-electron chi connectivity index (χ2n) is 4.24. The van der Waals surface area contributed by atoms with E-state index in [1.54, 1.807) is 0 Å². The van der Waals surface area contributed by atoms with Crippen LogP contribution in [-0.2, 0) is 6.54 Å². The van der Waals surface area contributed by atoms with Crippen LogP contribution >= 0.6 is 12.2 Å². The number of thiocarbonyl (C=S) groups is 1. The fourth-order valence-electron chi connectivity index (χ4n) is 1.92. The summed E-state index contributed by atoms with van der Waals surface area (Å²) in [6, 6.07) is 15.8. The van der Waals surface area contributed by atoms with Crippen LogP contribution in [0.2, 0.25) is 0 Å². The highest BCUT2D eigenvalue weighted by Crippen LogP contribution is 2.32. The molecule has 0 radical (unpaired) electrons. The van der Waals surface area contributed by atoms with E-state index >= 15 is 0 Å². The van der Waals surface area contributed by atoms with Crippen LogP contribution in [0.3, 0.4) is 0 Å². The lowest BCUT2D eigenvalue weighted by Gasteiger charge is -2.08. The molecular weight excluding hydrogens is 258 g/mol. The first-order valence-electron chi connectivity index (χ1n) is 6.05. The van der Waals surface area contributed by atoms with E-state index in [1.165, 1.54) is 0 Å². The molecule has 0 spiro atoms. The van der Waals surface area contributed by atoms with Gasteiger partial charge in [-0.15, -0.1) is 0 Å². The molecule has 0 saturated carbocycles. The van der Waals surface area contributed by atoms with E-state index < -0.39 is 0 Å². The Morgan fingerprint density at radius 2 is 1.84 bits per heavy atom. The summed E-state index contributed by atoms with van der Waals surface area (Å²) in [5.74, 6) is 1.60. The zero-order valence-corrected chi connectivity index (χ0v) is 11.1. The topological polar surface area (TPSA) is 30.5 Å². The van der Waals surface area contributed by atoms with Crippen molar-refractivity contribution in [3.05, 3.63) is 59.7 Å². The standard InChI is InChI=1S/C15H13NO2S/c19-15(12-4-2-1-3-5-12)16-9-11-6-7-13-14(8-11)18-10-17-13/h1-8H,9-10H2,(H,16,19). The summed E-state index contributed by atoms with van der Waals surface area (Å²) in [5.41, 5.74) is 2.14. The van der Waals surface area contributed by atoms with E-state index in [1.807, 2.05) is 48.5 Å². The third-order valence-corrected chi connectivity index (χ3v) is 3.31. The van der Waals surface area contributed by atoms with E-state index in [-0.39, 0.29) is 0 Å². The zero-order valence-electron chi connectivity index (χ0n) is 10.3. The maximum atomic E-state index is 5.35. The van der Waals surface area contributed by atoms with Gasteiger partial charge >= 0.3 is 0 Å². The first kappa shape index (κ1) is 12.0. The maximum absolute atomic E-state index is 5.35. The van der Waals surface area contributed by atoms with Gasteiger partial charge in [-0.3, -0.25) is 0 Å². The van der Waals surface area contributed by atoms with Crippen molar-refractivity contribution in [2.24, 2.45) is 0 Å². The van der Waals surface area contributed by atoms with Gasteiger partial charge in [0.2, 0.25) is 6.79 Å². The van der Waals surface area contributed by atoms with Crippen molar-refractivity contribution in [1.82, 2.24) is 5.32 Å². The summed E-state index contributed by atoms with van der Waals surface area (Å²) in [4.78, 5) is 0.748. The molecule has 1 N–H and O–H groups in total. The van der Waals surface area contributed by atoms with E-state index in [2.05, 4.69) is 5.32 Å².